The number of halogens is 2. The fourth-order valence-corrected chi connectivity index (χ4v) is 2.09. The summed E-state index contributed by atoms with van der Waals surface area (Å²) in [6.45, 7) is 0. The molecule has 2 rings (SSSR count). The van der Waals surface area contributed by atoms with Crippen LogP contribution in [0.15, 0.2) is 53.7 Å². The maximum Gasteiger partial charge on any atom is 0.143 e. The Morgan fingerprint density at radius 1 is 1.29 bits per heavy atom. The van der Waals surface area contributed by atoms with Crippen LogP contribution in [-0.4, -0.2) is 11.0 Å². The van der Waals surface area contributed by atoms with E-state index in [-0.39, 0.29) is 23.3 Å². The molecular formula is C15H15ClFN3O. The highest BCUT2D eigenvalue weighted by atomic mass is 35.5. The molecule has 2 aromatic rings. The average molecular weight is 308 g/mol. The summed E-state index contributed by atoms with van der Waals surface area (Å²) in [6, 6.07) is 13.7. The summed E-state index contributed by atoms with van der Waals surface area (Å²) in [6.07, 6.45) is 0.282. The molecule has 0 aromatic heterocycles. The SMILES string of the molecule is NC(CC(Nc1ccc(Cl)c(F)c1)c1ccccc1)=NO. The Bertz CT molecular complexity index is 634. The van der Waals surface area contributed by atoms with E-state index < -0.39 is 5.82 Å². The highest BCUT2D eigenvalue weighted by Gasteiger charge is 2.14. The van der Waals surface area contributed by atoms with E-state index in [0.29, 0.717) is 5.69 Å². The molecule has 21 heavy (non-hydrogen) atoms. The van der Waals surface area contributed by atoms with Crippen LogP contribution >= 0.6 is 11.6 Å². The monoisotopic (exact) mass is 307 g/mol. The zero-order chi connectivity index (χ0) is 15.2. The second-order valence-corrected chi connectivity index (χ2v) is 4.94. The van der Waals surface area contributed by atoms with E-state index in [9.17, 15) is 4.39 Å². The van der Waals surface area contributed by atoms with Crippen LogP contribution in [0.1, 0.15) is 18.0 Å². The fourth-order valence-electron chi connectivity index (χ4n) is 1.97. The van der Waals surface area contributed by atoms with E-state index in [4.69, 9.17) is 22.5 Å². The van der Waals surface area contributed by atoms with Crippen LogP contribution in [-0.2, 0) is 0 Å². The number of amidine groups is 1. The van der Waals surface area contributed by atoms with Crippen molar-refractivity contribution in [2.75, 3.05) is 5.32 Å². The Morgan fingerprint density at radius 3 is 2.62 bits per heavy atom. The third-order valence-corrected chi connectivity index (χ3v) is 3.31. The summed E-state index contributed by atoms with van der Waals surface area (Å²) < 4.78 is 13.5. The van der Waals surface area contributed by atoms with Gasteiger partial charge in [0.1, 0.15) is 11.7 Å². The molecule has 0 saturated carbocycles. The van der Waals surface area contributed by atoms with Crippen LogP contribution in [0.2, 0.25) is 5.02 Å². The number of nitrogens with two attached hydrogens (primary N) is 1. The number of hydrogen-bond acceptors (Lipinski definition) is 3. The van der Waals surface area contributed by atoms with Crippen molar-refractivity contribution in [1.29, 1.82) is 0 Å². The molecule has 0 spiro atoms. The summed E-state index contributed by atoms with van der Waals surface area (Å²) in [4.78, 5) is 0. The van der Waals surface area contributed by atoms with E-state index in [1.807, 2.05) is 30.3 Å². The number of benzene rings is 2. The van der Waals surface area contributed by atoms with Gasteiger partial charge in [-0.15, -0.1) is 0 Å². The minimum absolute atomic E-state index is 0.0632. The summed E-state index contributed by atoms with van der Waals surface area (Å²) in [5.74, 6) is -0.414. The van der Waals surface area contributed by atoms with Gasteiger partial charge in [0, 0.05) is 12.1 Å². The molecule has 4 N–H and O–H groups in total. The molecule has 0 amide bonds. The Balaban J connectivity index is 2.25. The lowest BCUT2D eigenvalue weighted by Crippen LogP contribution is -2.21. The number of hydrogen-bond donors (Lipinski definition) is 3. The van der Waals surface area contributed by atoms with E-state index in [2.05, 4.69) is 10.5 Å². The van der Waals surface area contributed by atoms with Crippen LogP contribution in [0.25, 0.3) is 0 Å². The van der Waals surface area contributed by atoms with Gasteiger partial charge in [0.25, 0.3) is 0 Å². The Kier molecular flexibility index (Phi) is 5.00. The number of nitrogens with one attached hydrogen (secondary N) is 1. The lowest BCUT2D eigenvalue weighted by Gasteiger charge is -2.20. The third kappa shape index (κ3) is 4.10. The summed E-state index contributed by atoms with van der Waals surface area (Å²) >= 11 is 5.67. The highest BCUT2D eigenvalue weighted by Crippen LogP contribution is 2.25. The minimum Gasteiger partial charge on any atom is -0.409 e. The Hall–Kier alpha value is -2.27. The maximum absolute atomic E-state index is 13.5. The number of anilines is 1. The van der Waals surface area contributed by atoms with Gasteiger partial charge in [-0.25, -0.2) is 4.39 Å². The smallest absolute Gasteiger partial charge is 0.143 e. The van der Waals surface area contributed by atoms with Crippen LogP contribution in [0.5, 0.6) is 0 Å². The average Bonchev–Trinajstić information content (AvgIpc) is 2.51. The summed E-state index contributed by atoms with van der Waals surface area (Å²) in [5, 5.41) is 14.9. The molecule has 0 fully saturated rings. The fraction of sp³-hybridized carbons (Fsp3) is 0.133. The molecule has 0 aliphatic carbocycles. The first-order valence-corrected chi connectivity index (χ1v) is 6.71. The zero-order valence-electron chi connectivity index (χ0n) is 11.1. The molecule has 4 nitrogen and oxygen atoms in total. The third-order valence-electron chi connectivity index (χ3n) is 3.00. The molecule has 0 aliphatic heterocycles. The molecule has 0 aliphatic rings. The van der Waals surface area contributed by atoms with Crippen molar-refractivity contribution in [3.05, 3.63) is 64.9 Å². The van der Waals surface area contributed by atoms with E-state index >= 15 is 0 Å². The van der Waals surface area contributed by atoms with E-state index in [1.165, 1.54) is 12.1 Å². The van der Waals surface area contributed by atoms with Gasteiger partial charge in [-0.3, -0.25) is 0 Å². The van der Waals surface area contributed by atoms with Crippen molar-refractivity contribution in [2.24, 2.45) is 10.9 Å². The quantitative estimate of drug-likeness (QED) is 0.341. The first-order chi connectivity index (χ1) is 10.1. The molecule has 0 heterocycles. The zero-order valence-corrected chi connectivity index (χ0v) is 11.9. The lowest BCUT2D eigenvalue weighted by molar-refractivity contribution is 0.316. The van der Waals surface area contributed by atoms with Gasteiger partial charge in [0.05, 0.1) is 11.1 Å². The molecular weight excluding hydrogens is 293 g/mol. The van der Waals surface area contributed by atoms with Gasteiger partial charge < -0.3 is 16.3 Å². The van der Waals surface area contributed by atoms with E-state index in [1.54, 1.807) is 6.07 Å². The number of rotatable bonds is 5. The number of nitrogens with zero attached hydrogens (tertiary/aromatic N) is 1. The van der Waals surface area contributed by atoms with Crippen molar-refractivity contribution < 1.29 is 9.60 Å². The normalized spacial score (nSPS) is 13.0. The second-order valence-electron chi connectivity index (χ2n) is 4.53. The van der Waals surface area contributed by atoms with Crippen molar-refractivity contribution in [3.63, 3.8) is 0 Å². The molecule has 110 valence electrons. The first-order valence-electron chi connectivity index (χ1n) is 6.33. The Morgan fingerprint density at radius 2 is 2.00 bits per heavy atom. The molecule has 0 bridgehead atoms. The van der Waals surface area contributed by atoms with Crippen LogP contribution in [0.4, 0.5) is 10.1 Å². The van der Waals surface area contributed by atoms with Gasteiger partial charge in [-0.1, -0.05) is 47.1 Å². The Labute approximate surface area is 127 Å². The lowest BCUT2D eigenvalue weighted by atomic mass is 10.0. The van der Waals surface area contributed by atoms with Crippen molar-refractivity contribution in [1.82, 2.24) is 0 Å². The maximum atomic E-state index is 13.5. The van der Waals surface area contributed by atoms with Crippen molar-refractivity contribution >= 4 is 23.1 Å². The molecule has 1 atom stereocenters. The summed E-state index contributed by atoms with van der Waals surface area (Å²) in [5.41, 5.74) is 7.09. The molecule has 1 unspecified atom stereocenters. The predicted molar refractivity (Wildman–Crippen MR) is 82.2 cm³/mol. The molecule has 0 saturated heterocycles. The largest absolute Gasteiger partial charge is 0.409 e. The van der Waals surface area contributed by atoms with Crippen LogP contribution in [0, 0.1) is 5.82 Å². The first kappa shape index (κ1) is 15.1. The standard InChI is InChI=1S/C15H15ClFN3O/c16-12-7-6-11(8-13(12)17)19-14(9-15(18)20-21)10-4-2-1-3-5-10/h1-8,14,19,21H,9H2,(H2,18,20). The van der Waals surface area contributed by atoms with Gasteiger partial charge >= 0.3 is 0 Å². The van der Waals surface area contributed by atoms with Crippen LogP contribution in [0.3, 0.4) is 0 Å². The van der Waals surface area contributed by atoms with Crippen molar-refractivity contribution in [3.8, 4) is 0 Å². The van der Waals surface area contributed by atoms with E-state index in [0.717, 1.165) is 5.56 Å². The van der Waals surface area contributed by atoms with Gasteiger partial charge in [-0.2, -0.15) is 0 Å². The van der Waals surface area contributed by atoms with Gasteiger partial charge in [0.2, 0.25) is 0 Å². The van der Waals surface area contributed by atoms with Crippen molar-refractivity contribution in [2.45, 2.75) is 12.5 Å². The predicted octanol–water partition coefficient (Wildman–Crippen LogP) is 3.77. The topological polar surface area (TPSA) is 70.6 Å². The second kappa shape index (κ2) is 6.95. The highest BCUT2D eigenvalue weighted by molar-refractivity contribution is 6.30. The van der Waals surface area contributed by atoms with Crippen LogP contribution < -0.4 is 11.1 Å². The molecule has 6 heteroatoms. The van der Waals surface area contributed by atoms with Gasteiger partial charge in [0.15, 0.2) is 0 Å². The number of oxime groups is 1. The minimum atomic E-state index is -0.503. The molecule has 0 radical (unpaired) electrons. The molecule has 2 aromatic carbocycles. The summed E-state index contributed by atoms with van der Waals surface area (Å²) in [7, 11) is 0. The van der Waals surface area contributed by atoms with Gasteiger partial charge in [-0.05, 0) is 23.8 Å².